The van der Waals surface area contributed by atoms with Crippen LogP contribution in [0.2, 0.25) is 0 Å². The van der Waals surface area contributed by atoms with Gasteiger partial charge in [-0.25, -0.2) is 4.57 Å². The molecule has 1 aliphatic heterocycles. The average Bonchev–Trinajstić information content (AvgIpc) is 3.97. The Bertz CT molecular complexity index is 3060. The highest BCUT2D eigenvalue weighted by Crippen LogP contribution is 2.40. The Morgan fingerprint density at radius 2 is 0.903 bits per heavy atom. The van der Waals surface area contributed by atoms with Crippen molar-refractivity contribution in [2.75, 3.05) is 9.80 Å². The molecule has 10 rings (SSSR count). The Morgan fingerprint density at radius 1 is 0.486 bits per heavy atom. The molecule has 0 amide bonds. The first-order valence-electron chi connectivity index (χ1n) is 26.3. The second-order valence-electron chi connectivity index (χ2n) is 21.0. The minimum absolute atomic E-state index is 0.103. The van der Waals surface area contributed by atoms with E-state index in [9.17, 15) is 0 Å². The van der Waals surface area contributed by atoms with E-state index in [1.165, 1.54) is 110 Å². The van der Waals surface area contributed by atoms with Gasteiger partial charge in [-0.15, -0.1) is 0 Å². The van der Waals surface area contributed by atoms with E-state index in [0.29, 0.717) is 0 Å². The van der Waals surface area contributed by atoms with Crippen LogP contribution in [0.15, 0.2) is 194 Å². The van der Waals surface area contributed by atoms with Crippen molar-refractivity contribution in [1.82, 2.24) is 4.57 Å². The van der Waals surface area contributed by atoms with Crippen molar-refractivity contribution in [3.8, 4) is 28.2 Å². The zero-order valence-corrected chi connectivity index (χ0v) is 44.2. The zero-order chi connectivity index (χ0) is 50.4. The molecule has 364 valence electrons. The lowest BCUT2D eigenvalue weighted by Gasteiger charge is -2.26. The van der Waals surface area contributed by atoms with Crippen LogP contribution in [0.4, 0.5) is 34.1 Å². The lowest BCUT2D eigenvalue weighted by atomic mass is 9.83. The molecule has 1 aromatic heterocycles. The molecule has 72 heavy (non-hydrogen) atoms. The van der Waals surface area contributed by atoms with Crippen molar-refractivity contribution in [2.24, 2.45) is 0 Å². The van der Waals surface area contributed by atoms with Gasteiger partial charge in [0.25, 0.3) is 5.82 Å². The topological polar surface area (TPSA) is 15.3 Å². The monoisotopic (exact) mass is 946 g/mol. The average molecular weight is 946 g/mol. The zero-order valence-electron chi connectivity index (χ0n) is 44.2. The van der Waals surface area contributed by atoms with Crippen LogP contribution in [-0.2, 0) is 24.8 Å². The summed E-state index contributed by atoms with van der Waals surface area (Å²) in [6, 6.07) is 67.1. The highest BCUT2D eigenvalue weighted by Gasteiger charge is 2.33. The van der Waals surface area contributed by atoms with Gasteiger partial charge < -0.3 is 9.80 Å². The van der Waals surface area contributed by atoms with Crippen LogP contribution in [-0.4, -0.2) is 4.57 Å². The maximum absolute atomic E-state index is 2.39. The first-order chi connectivity index (χ1) is 34.9. The molecule has 0 N–H and O–H groups in total. The van der Waals surface area contributed by atoms with Gasteiger partial charge in [0.15, 0.2) is 0 Å². The van der Waals surface area contributed by atoms with Gasteiger partial charge in [-0.05, 0) is 165 Å². The maximum atomic E-state index is 2.39. The first-order valence-corrected chi connectivity index (χ1v) is 26.3. The van der Waals surface area contributed by atoms with Gasteiger partial charge in [0.2, 0.25) is 0 Å². The molecule has 0 saturated heterocycles. The molecular weight excluding hydrogens is 873 g/mol. The smallest absolute Gasteiger partial charge is 0.294 e. The van der Waals surface area contributed by atoms with Gasteiger partial charge in [-0.1, -0.05) is 167 Å². The summed E-state index contributed by atoms with van der Waals surface area (Å²) >= 11 is 0. The largest absolute Gasteiger partial charge is 0.311 e. The van der Waals surface area contributed by atoms with E-state index >= 15 is 0 Å². The van der Waals surface area contributed by atoms with E-state index < -0.39 is 0 Å². The van der Waals surface area contributed by atoms with Gasteiger partial charge in [-0.3, -0.25) is 0 Å². The summed E-state index contributed by atoms with van der Waals surface area (Å²) in [5, 5.41) is 0. The summed E-state index contributed by atoms with van der Waals surface area (Å²) in [4.78, 5) is 4.70. The third kappa shape index (κ3) is 11.0. The molecule has 2 heterocycles. The fourth-order valence-electron chi connectivity index (χ4n) is 10.2. The molecular formula is C68H73N4+. The Balaban J connectivity index is 0.000000222. The van der Waals surface area contributed by atoms with Crippen LogP contribution < -0.4 is 14.4 Å². The minimum atomic E-state index is 0.103. The van der Waals surface area contributed by atoms with Gasteiger partial charge in [0.1, 0.15) is 24.6 Å². The summed E-state index contributed by atoms with van der Waals surface area (Å²) < 4.78 is 4.75. The summed E-state index contributed by atoms with van der Waals surface area (Å²) in [6.45, 7) is 21.1. The molecule has 0 radical (unpaired) electrons. The predicted molar refractivity (Wildman–Crippen MR) is 307 cm³/mol. The third-order valence-electron chi connectivity index (χ3n) is 14.2. The number of anilines is 6. The third-order valence-corrected chi connectivity index (χ3v) is 14.2. The molecule has 0 spiro atoms. The van der Waals surface area contributed by atoms with Crippen molar-refractivity contribution in [3.05, 3.63) is 239 Å². The number of hydrogen-bond acceptors (Lipinski definition) is 2. The van der Waals surface area contributed by atoms with E-state index in [1.807, 2.05) is 0 Å². The number of hydrogen-bond donors (Lipinski definition) is 0. The number of imidazole rings is 1. The van der Waals surface area contributed by atoms with Gasteiger partial charge in [0.05, 0.1) is 5.56 Å². The van der Waals surface area contributed by atoms with Crippen LogP contribution >= 0.6 is 0 Å². The Hall–Kier alpha value is -7.43. The fourth-order valence-corrected chi connectivity index (χ4v) is 10.2. The van der Waals surface area contributed by atoms with E-state index in [1.54, 1.807) is 0 Å². The molecule has 0 atom stereocenters. The van der Waals surface area contributed by atoms with Crippen LogP contribution in [0.5, 0.6) is 0 Å². The van der Waals surface area contributed by atoms with Gasteiger partial charge in [0, 0.05) is 45.3 Å². The summed E-state index contributed by atoms with van der Waals surface area (Å²) in [7, 11) is 0. The molecule has 0 saturated carbocycles. The van der Waals surface area contributed by atoms with E-state index in [-0.39, 0.29) is 5.41 Å². The van der Waals surface area contributed by atoms with Crippen molar-refractivity contribution in [3.63, 3.8) is 0 Å². The number of rotatable bonds is 14. The minimum Gasteiger partial charge on any atom is -0.311 e. The predicted octanol–water partition coefficient (Wildman–Crippen LogP) is 18.3. The first kappa shape index (κ1) is 49.5. The van der Waals surface area contributed by atoms with E-state index in [0.717, 1.165) is 42.1 Å². The molecule has 0 bridgehead atoms. The molecule has 1 aliphatic rings. The summed E-state index contributed by atoms with van der Waals surface area (Å²) in [5.74, 6) is 1.29. The molecule has 4 nitrogen and oxygen atoms in total. The number of fused-ring (bicyclic) bond motifs is 3. The quantitative estimate of drug-likeness (QED) is 0.101. The highest BCUT2D eigenvalue weighted by molar-refractivity contribution is 5.81. The SMILES string of the molecule is CCCCc1ccc(N(c2ccc(C)cc2)c2ccc(-c3ccc(N(c4ccc(C)cc4)c4ccc(CCCC)cc4)cc3)cc2)cc1.Cc1cc(C)c(-n2cc[n+]3c2-c2ccccc2C3)c(C(C)(C)C)c1. The second kappa shape index (κ2) is 21.9. The van der Waals surface area contributed by atoms with Crippen LogP contribution in [0.3, 0.4) is 0 Å². The van der Waals surface area contributed by atoms with Gasteiger partial charge >= 0.3 is 0 Å². The van der Waals surface area contributed by atoms with E-state index in [4.69, 9.17) is 0 Å². The molecule has 0 fully saturated rings. The van der Waals surface area contributed by atoms with Crippen molar-refractivity contribution in [2.45, 2.75) is 113 Å². The standard InChI is InChI=1S/C46H48N2.C22H25N2/c1-5-7-9-37-15-27-43(28-16-37)47(41-23-11-35(3)12-24-41)45-31-19-39(20-32-45)40-21-33-46(34-22-40)48(42-25-13-36(4)14-26-42)44-29-17-38(18-30-44)10-8-6-2;1-15-12-16(2)20(19(13-15)22(3,4)5)24-11-10-23-14-17-8-6-7-9-18(17)21(23)24/h11-34H,5-10H2,1-4H3;6-13H,14H2,1-5H3/q;+1. The number of aromatic nitrogens is 2. The van der Waals surface area contributed by atoms with Crippen molar-refractivity contribution in [1.29, 1.82) is 0 Å². The molecule has 4 heteroatoms. The summed E-state index contributed by atoms with van der Waals surface area (Å²) in [5.41, 5.74) is 22.9. The number of aryl methyl sites for hydroxylation is 6. The molecule has 8 aromatic carbocycles. The Kier molecular flexibility index (Phi) is 15.1. The normalized spacial score (nSPS) is 11.7. The van der Waals surface area contributed by atoms with E-state index in [2.05, 4.69) is 276 Å². The maximum Gasteiger partial charge on any atom is 0.294 e. The number of benzene rings is 8. The second-order valence-corrected chi connectivity index (χ2v) is 21.0. The number of unbranched alkanes of at least 4 members (excludes halogenated alkanes) is 2. The highest BCUT2D eigenvalue weighted by atomic mass is 15.2. The lowest BCUT2D eigenvalue weighted by molar-refractivity contribution is -0.671. The Labute approximate surface area is 430 Å². The molecule has 0 aliphatic carbocycles. The number of nitrogens with zero attached hydrogens (tertiary/aromatic N) is 4. The fraction of sp³-hybridized carbons (Fsp3) is 0.250. The Morgan fingerprint density at radius 3 is 1.33 bits per heavy atom. The van der Waals surface area contributed by atoms with Crippen LogP contribution in [0, 0.1) is 27.7 Å². The van der Waals surface area contributed by atoms with Crippen molar-refractivity contribution >= 4 is 34.1 Å². The molecule has 9 aromatic rings. The van der Waals surface area contributed by atoms with Crippen LogP contribution in [0.25, 0.3) is 28.2 Å². The summed E-state index contributed by atoms with van der Waals surface area (Å²) in [6.07, 6.45) is 11.6. The van der Waals surface area contributed by atoms with Gasteiger partial charge in [-0.2, -0.15) is 4.57 Å². The van der Waals surface area contributed by atoms with Crippen molar-refractivity contribution < 1.29 is 4.57 Å². The van der Waals surface area contributed by atoms with Crippen LogP contribution in [0.1, 0.15) is 105 Å². The lowest BCUT2D eigenvalue weighted by Crippen LogP contribution is -2.30. The molecule has 0 unspecified atom stereocenters.